The Morgan fingerprint density at radius 1 is 0.698 bits per heavy atom. The van der Waals surface area contributed by atoms with E-state index in [9.17, 15) is 19.2 Å². The highest BCUT2D eigenvalue weighted by Crippen LogP contribution is 2.42. The second-order valence-corrected chi connectivity index (χ2v) is 15.8. The van der Waals surface area contributed by atoms with Crippen LogP contribution < -0.4 is 24.8 Å². The third-order valence-electron chi connectivity index (χ3n) is 11.8. The van der Waals surface area contributed by atoms with Crippen molar-refractivity contribution in [3.8, 4) is 17.2 Å². The third-order valence-corrected chi connectivity index (χ3v) is 11.8. The van der Waals surface area contributed by atoms with Crippen molar-refractivity contribution in [2.24, 2.45) is 0 Å². The van der Waals surface area contributed by atoms with Crippen LogP contribution in [0, 0.1) is 0 Å². The summed E-state index contributed by atoms with van der Waals surface area (Å²) in [7, 11) is 6.41. The van der Waals surface area contributed by atoms with E-state index >= 15 is 0 Å². The number of likely N-dealkylation sites (tertiary alicyclic amines) is 1. The topological polar surface area (TPSA) is 142 Å². The zero-order chi connectivity index (χ0) is 44.8. The number of nitrogens with one attached hydrogen (secondary N) is 2. The standard InChI is InChI=1S/C51H59N3O9/c1-35(36-15-16-38-31-45(61-5)22-17-37(38)30-36)50(58)53-29-11-7-10-14-48(56)54-33-46(63-49(57)28-27-47(55)52-2)32-42(54)34-62-51(39-12-8-6-9-13-39,40-18-23-43(59-3)24-19-40)41-20-25-44(60-4)26-21-41/h6,8-9,12-13,15-26,30-31,35,42,46H,7,10-11,14,27-29,32-34H2,1-5H3,(H,52,55)(H,53,58)/t35-,42-,46+/m0/s1. The van der Waals surface area contributed by atoms with Gasteiger partial charge in [0.2, 0.25) is 17.7 Å². The SMILES string of the molecule is CNC(=O)CCC(=O)O[C@@H]1C[C@@H](COC(c2ccccc2)(c2ccc(OC)cc2)c2ccc(OC)cc2)N(C(=O)CCCCCNC(=O)[C@@H](C)c2ccc3cc(OC)ccc3c2)C1. The average molecular weight is 858 g/mol. The second-order valence-electron chi connectivity index (χ2n) is 15.8. The highest BCUT2D eigenvalue weighted by molar-refractivity contribution is 5.88. The fourth-order valence-corrected chi connectivity index (χ4v) is 8.18. The minimum Gasteiger partial charge on any atom is -0.497 e. The van der Waals surface area contributed by atoms with Crippen LogP contribution in [0.4, 0.5) is 0 Å². The van der Waals surface area contributed by atoms with Crippen molar-refractivity contribution >= 4 is 34.5 Å². The molecule has 0 radical (unpaired) electrons. The summed E-state index contributed by atoms with van der Waals surface area (Å²) in [5.74, 6) is 0.987. The first-order valence-electron chi connectivity index (χ1n) is 21.6. The molecule has 0 saturated carbocycles. The van der Waals surface area contributed by atoms with Crippen LogP contribution in [0.5, 0.6) is 17.2 Å². The molecule has 12 heteroatoms. The molecular weight excluding hydrogens is 799 g/mol. The first kappa shape index (κ1) is 46.1. The van der Waals surface area contributed by atoms with Crippen molar-refractivity contribution in [3.05, 3.63) is 138 Å². The molecule has 0 bridgehead atoms. The number of hydrogen-bond acceptors (Lipinski definition) is 9. The van der Waals surface area contributed by atoms with E-state index in [0.29, 0.717) is 37.3 Å². The number of ether oxygens (including phenoxy) is 5. The number of amides is 3. The molecule has 1 aliphatic rings. The van der Waals surface area contributed by atoms with Crippen LogP contribution in [-0.2, 0) is 34.3 Å². The van der Waals surface area contributed by atoms with Crippen LogP contribution >= 0.6 is 0 Å². The molecule has 3 atom stereocenters. The monoisotopic (exact) mass is 857 g/mol. The van der Waals surface area contributed by atoms with Gasteiger partial charge in [0, 0.05) is 32.9 Å². The molecule has 0 unspecified atom stereocenters. The molecule has 6 rings (SSSR count). The average Bonchev–Trinajstić information content (AvgIpc) is 3.74. The Morgan fingerprint density at radius 2 is 1.30 bits per heavy atom. The fourth-order valence-electron chi connectivity index (χ4n) is 8.18. The van der Waals surface area contributed by atoms with Crippen molar-refractivity contribution in [2.75, 3.05) is 48.1 Å². The number of carbonyl (C=O) groups is 4. The quantitative estimate of drug-likeness (QED) is 0.0432. The van der Waals surface area contributed by atoms with Crippen LogP contribution in [0.2, 0.25) is 0 Å². The molecule has 5 aromatic carbocycles. The van der Waals surface area contributed by atoms with Crippen LogP contribution in [0.25, 0.3) is 10.8 Å². The van der Waals surface area contributed by atoms with Crippen molar-refractivity contribution in [3.63, 3.8) is 0 Å². The molecule has 63 heavy (non-hydrogen) atoms. The summed E-state index contributed by atoms with van der Waals surface area (Å²) in [6.07, 6.45) is 2.08. The van der Waals surface area contributed by atoms with Gasteiger partial charge in [0.1, 0.15) is 29.0 Å². The first-order chi connectivity index (χ1) is 30.6. The van der Waals surface area contributed by atoms with Gasteiger partial charge in [-0.15, -0.1) is 0 Å². The van der Waals surface area contributed by atoms with Crippen molar-refractivity contribution in [1.29, 1.82) is 0 Å². The van der Waals surface area contributed by atoms with Gasteiger partial charge in [-0.05, 0) is 89.2 Å². The number of carbonyl (C=O) groups excluding carboxylic acids is 4. The smallest absolute Gasteiger partial charge is 0.306 e. The molecule has 0 spiro atoms. The highest BCUT2D eigenvalue weighted by atomic mass is 16.5. The Balaban J connectivity index is 1.13. The Hall–Kier alpha value is -6.40. The van der Waals surface area contributed by atoms with Crippen LogP contribution in [-0.4, -0.2) is 88.8 Å². The summed E-state index contributed by atoms with van der Waals surface area (Å²) in [5, 5.41) is 7.69. The fraction of sp³-hybridized carbons (Fsp3) is 0.373. The normalized spacial score (nSPS) is 15.3. The van der Waals surface area contributed by atoms with E-state index < -0.39 is 23.7 Å². The number of hydrogen-bond donors (Lipinski definition) is 2. The molecule has 2 N–H and O–H groups in total. The van der Waals surface area contributed by atoms with Gasteiger partial charge in [-0.1, -0.05) is 85.3 Å². The molecule has 1 saturated heterocycles. The Labute approximate surface area is 370 Å². The lowest BCUT2D eigenvalue weighted by atomic mass is 9.80. The zero-order valence-corrected chi connectivity index (χ0v) is 36.9. The lowest BCUT2D eigenvalue weighted by Gasteiger charge is -2.38. The minimum absolute atomic E-state index is 0.0133. The Kier molecular flexibility index (Phi) is 16.2. The molecule has 0 aliphatic carbocycles. The lowest BCUT2D eigenvalue weighted by Crippen LogP contribution is -2.42. The highest BCUT2D eigenvalue weighted by Gasteiger charge is 2.42. The molecule has 3 amide bonds. The predicted molar refractivity (Wildman–Crippen MR) is 242 cm³/mol. The van der Waals surface area contributed by atoms with Gasteiger partial charge in [0.05, 0.1) is 52.9 Å². The number of rotatable bonds is 21. The summed E-state index contributed by atoms with van der Waals surface area (Å²) in [6.45, 7) is 2.73. The van der Waals surface area contributed by atoms with Gasteiger partial charge in [0.25, 0.3) is 0 Å². The Bertz CT molecular complexity index is 2250. The summed E-state index contributed by atoms with van der Waals surface area (Å²) in [6, 6.07) is 36.9. The summed E-state index contributed by atoms with van der Waals surface area (Å²) < 4.78 is 29.4. The maximum Gasteiger partial charge on any atom is 0.306 e. The summed E-state index contributed by atoms with van der Waals surface area (Å²) >= 11 is 0. The summed E-state index contributed by atoms with van der Waals surface area (Å²) in [5.41, 5.74) is 2.42. The molecule has 0 aromatic heterocycles. The first-order valence-corrected chi connectivity index (χ1v) is 21.6. The summed E-state index contributed by atoms with van der Waals surface area (Å²) in [4.78, 5) is 53.8. The van der Waals surface area contributed by atoms with Crippen molar-refractivity contribution in [2.45, 2.75) is 75.5 Å². The molecule has 1 fully saturated rings. The van der Waals surface area contributed by atoms with Gasteiger partial charge in [-0.3, -0.25) is 19.2 Å². The lowest BCUT2D eigenvalue weighted by molar-refractivity contribution is -0.150. The van der Waals surface area contributed by atoms with E-state index in [-0.39, 0.29) is 56.1 Å². The number of methoxy groups -OCH3 is 3. The number of nitrogens with zero attached hydrogens (tertiary/aromatic N) is 1. The van der Waals surface area contributed by atoms with Crippen LogP contribution in [0.1, 0.15) is 80.0 Å². The molecule has 12 nitrogen and oxygen atoms in total. The van der Waals surface area contributed by atoms with Gasteiger partial charge in [0.15, 0.2) is 0 Å². The van der Waals surface area contributed by atoms with E-state index in [1.54, 1.807) is 26.2 Å². The van der Waals surface area contributed by atoms with Crippen LogP contribution in [0.15, 0.2) is 115 Å². The molecule has 5 aromatic rings. The number of unbranched alkanes of at least 4 members (excludes halogenated alkanes) is 2. The van der Waals surface area contributed by atoms with Gasteiger partial charge >= 0.3 is 5.97 Å². The van der Waals surface area contributed by atoms with Crippen molar-refractivity contribution in [1.82, 2.24) is 15.5 Å². The van der Waals surface area contributed by atoms with Gasteiger partial charge in [-0.2, -0.15) is 0 Å². The minimum atomic E-state index is -1.11. The van der Waals surface area contributed by atoms with Crippen molar-refractivity contribution < 1.29 is 42.9 Å². The molecule has 1 heterocycles. The van der Waals surface area contributed by atoms with E-state index in [1.165, 1.54) is 7.05 Å². The van der Waals surface area contributed by atoms with E-state index in [4.69, 9.17) is 23.7 Å². The maximum atomic E-state index is 14.1. The van der Waals surface area contributed by atoms with Gasteiger partial charge < -0.3 is 39.2 Å². The Morgan fingerprint density at radius 3 is 1.94 bits per heavy atom. The maximum absolute atomic E-state index is 14.1. The molecule has 332 valence electrons. The van der Waals surface area contributed by atoms with E-state index in [1.807, 2.05) is 122 Å². The third kappa shape index (κ3) is 11.6. The number of fused-ring (bicyclic) bond motifs is 1. The predicted octanol–water partition coefficient (Wildman–Crippen LogP) is 7.69. The van der Waals surface area contributed by atoms with Crippen LogP contribution in [0.3, 0.4) is 0 Å². The van der Waals surface area contributed by atoms with Gasteiger partial charge in [-0.25, -0.2) is 0 Å². The molecule has 1 aliphatic heterocycles. The largest absolute Gasteiger partial charge is 0.497 e. The zero-order valence-electron chi connectivity index (χ0n) is 36.9. The molecular formula is C51H59N3O9. The number of esters is 1. The van der Waals surface area contributed by atoms with E-state index in [2.05, 4.69) is 10.6 Å². The second kappa shape index (κ2) is 22.1. The number of benzene rings is 5. The van der Waals surface area contributed by atoms with E-state index in [0.717, 1.165) is 45.2 Å².